The SMILES string of the molecule is Cc1ccc(S(=O)CC(C)(C)C2CC(O)=C(c3c(C)cc(C)cc3C)C(=O)O2)cc1. The van der Waals surface area contributed by atoms with Gasteiger partial charge in [0.25, 0.3) is 0 Å². The molecule has 0 bridgehead atoms. The van der Waals surface area contributed by atoms with Crippen LogP contribution in [-0.2, 0) is 20.3 Å². The first-order valence-corrected chi connectivity index (χ1v) is 11.5. The fraction of sp³-hybridized carbons (Fsp3) is 0.400. The van der Waals surface area contributed by atoms with Gasteiger partial charge in [-0.05, 0) is 56.5 Å². The molecule has 1 aliphatic heterocycles. The molecule has 160 valence electrons. The van der Waals surface area contributed by atoms with Gasteiger partial charge in [0, 0.05) is 22.5 Å². The van der Waals surface area contributed by atoms with Gasteiger partial charge in [0.05, 0.1) is 10.8 Å². The summed E-state index contributed by atoms with van der Waals surface area (Å²) in [4.78, 5) is 13.7. The Balaban J connectivity index is 1.86. The van der Waals surface area contributed by atoms with Crippen LogP contribution in [0.2, 0.25) is 0 Å². The first kappa shape index (κ1) is 22.3. The zero-order valence-electron chi connectivity index (χ0n) is 18.5. The molecule has 0 aliphatic carbocycles. The molecule has 0 spiro atoms. The molecule has 2 unspecified atom stereocenters. The summed E-state index contributed by atoms with van der Waals surface area (Å²) in [5.74, 6) is -0.146. The molecule has 0 saturated carbocycles. The van der Waals surface area contributed by atoms with Crippen molar-refractivity contribution in [2.45, 2.75) is 59.0 Å². The van der Waals surface area contributed by atoms with E-state index in [1.807, 2.05) is 77.9 Å². The number of ether oxygens (including phenoxy) is 1. The van der Waals surface area contributed by atoms with E-state index in [0.29, 0.717) is 5.75 Å². The van der Waals surface area contributed by atoms with Gasteiger partial charge in [0.2, 0.25) is 0 Å². The predicted octanol–water partition coefficient (Wildman–Crippen LogP) is 5.34. The second-order valence-corrected chi connectivity index (χ2v) is 10.4. The topological polar surface area (TPSA) is 63.6 Å². The van der Waals surface area contributed by atoms with E-state index in [-0.39, 0.29) is 17.8 Å². The predicted molar refractivity (Wildman–Crippen MR) is 121 cm³/mol. The Morgan fingerprint density at radius 2 is 1.60 bits per heavy atom. The molecule has 0 radical (unpaired) electrons. The van der Waals surface area contributed by atoms with Gasteiger partial charge < -0.3 is 9.84 Å². The van der Waals surface area contributed by atoms with E-state index in [1.54, 1.807) is 0 Å². The average molecular weight is 427 g/mol. The molecule has 0 amide bonds. The van der Waals surface area contributed by atoms with Crippen LogP contribution in [0.1, 0.15) is 48.1 Å². The standard InChI is InChI=1S/C25H30O4S/c1-15-7-9-19(10-8-15)30(28)14-25(5,6)21-13-20(26)23(24(27)29-21)22-17(3)11-16(2)12-18(22)4/h7-12,21,26H,13-14H2,1-6H3. The lowest BCUT2D eigenvalue weighted by atomic mass is 9.83. The van der Waals surface area contributed by atoms with E-state index >= 15 is 0 Å². The summed E-state index contributed by atoms with van der Waals surface area (Å²) < 4.78 is 18.7. The summed E-state index contributed by atoms with van der Waals surface area (Å²) in [6, 6.07) is 11.6. The number of cyclic esters (lactones) is 1. The van der Waals surface area contributed by atoms with E-state index in [0.717, 1.165) is 32.7 Å². The third kappa shape index (κ3) is 4.51. The second-order valence-electron chi connectivity index (χ2n) is 8.98. The fourth-order valence-electron chi connectivity index (χ4n) is 4.09. The Labute approximate surface area is 181 Å². The number of carbonyl (C=O) groups is 1. The van der Waals surface area contributed by atoms with Crippen LogP contribution in [0.3, 0.4) is 0 Å². The summed E-state index contributed by atoms with van der Waals surface area (Å²) in [5.41, 5.74) is 4.51. The lowest BCUT2D eigenvalue weighted by molar-refractivity contribution is -0.149. The first-order chi connectivity index (χ1) is 14.0. The van der Waals surface area contributed by atoms with Crippen LogP contribution in [0, 0.1) is 33.1 Å². The van der Waals surface area contributed by atoms with Crippen molar-refractivity contribution < 1.29 is 18.8 Å². The van der Waals surface area contributed by atoms with Crippen molar-refractivity contribution in [2.24, 2.45) is 5.41 Å². The monoisotopic (exact) mass is 426 g/mol. The molecule has 2 aromatic carbocycles. The van der Waals surface area contributed by atoms with E-state index in [2.05, 4.69) is 0 Å². The second kappa shape index (κ2) is 8.38. The van der Waals surface area contributed by atoms with Crippen molar-refractivity contribution in [3.8, 4) is 0 Å². The van der Waals surface area contributed by atoms with Crippen molar-refractivity contribution >= 4 is 22.3 Å². The third-order valence-electron chi connectivity index (χ3n) is 5.71. The maximum absolute atomic E-state index is 12.9. The smallest absolute Gasteiger partial charge is 0.342 e. The van der Waals surface area contributed by atoms with Crippen molar-refractivity contribution in [3.05, 3.63) is 70.0 Å². The molecule has 4 nitrogen and oxygen atoms in total. The highest BCUT2D eigenvalue weighted by Gasteiger charge is 2.41. The zero-order chi connectivity index (χ0) is 22.2. The molecule has 0 saturated heterocycles. The van der Waals surface area contributed by atoms with Crippen LogP contribution in [-0.4, -0.2) is 27.1 Å². The molecule has 5 heteroatoms. The molecule has 0 fully saturated rings. The number of aryl methyl sites for hydroxylation is 4. The zero-order valence-corrected chi connectivity index (χ0v) is 19.4. The molecule has 30 heavy (non-hydrogen) atoms. The summed E-state index contributed by atoms with van der Waals surface area (Å²) in [7, 11) is -1.23. The number of aliphatic hydroxyl groups is 1. The average Bonchev–Trinajstić information content (AvgIpc) is 2.63. The Kier molecular flexibility index (Phi) is 6.23. The van der Waals surface area contributed by atoms with Crippen LogP contribution >= 0.6 is 0 Å². The number of aliphatic hydroxyl groups excluding tert-OH is 1. The van der Waals surface area contributed by atoms with Crippen molar-refractivity contribution in [1.82, 2.24) is 0 Å². The lowest BCUT2D eigenvalue weighted by Gasteiger charge is -2.36. The normalized spacial score (nSPS) is 18.3. The fourth-order valence-corrected chi connectivity index (χ4v) is 5.55. The molecule has 1 heterocycles. The molecule has 1 aliphatic rings. The summed E-state index contributed by atoms with van der Waals surface area (Å²) in [5, 5.41) is 10.8. The van der Waals surface area contributed by atoms with Crippen LogP contribution in [0.5, 0.6) is 0 Å². The number of esters is 1. The minimum atomic E-state index is -1.23. The van der Waals surface area contributed by atoms with Crippen molar-refractivity contribution in [3.63, 3.8) is 0 Å². The maximum atomic E-state index is 12.9. The Hall–Kier alpha value is -2.40. The maximum Gasteiger partial charge on any atom is 0.342 e. The molecule has 0 aromatic heterocycles. The Morgan fingerprint density at radius 1 is 1.03 bits per heavy atom. The van der Waals surface area contributed by atoms with Gasteiger partial charge in [-0.3, -0.25) is 4.21 Å². The molecule has 3 rings (SSSR count). The highest BCUT2D eigenvalue weighted by Crippen LogP contribution is 2.38. The first-order valence-electron chi connectivity index (χ1n) is 10.2. The number of benzene rings is 2. The van der Waals surface area contributed by atoms with Crippen LogP contribution in [0.15, 0.2) is 47.1 Å². The van der Waals surface area contributed by atoms with E-state index < -0.39 is 28.3 Å². The Morgan fingerprint density at radius 3 is 2.13 bits per heavy atom. The Bertz CT molecular complexity index is 1010. The number of hydrogen-bond acceptors (Lipinski definition) is 4. The molecular formula is C25H30O4S. The van der Waals surface area contributed by atoms with Gasteiger partial charge >= 0.3 is 5.97 Å². The minimum absolute atomic E-state index is 0.0421. The van der Waals surface area contributed by atoms with Gasteiger partial charge in [-0.25, -0.2) is 4.79 Å². The number of carbonyl (C=O) groups excluding carboxylic acids is 1. The highest BCUT2D eigenvalue weighted by atomic mass is 32.2. The summed E-state index contributed by atoms with van der Waals surface area (Å²) in [6.07, 6.45) is -0.333. The summed E-state index contributed by atoms with van der Waals surface area (Å²) >= 11 is 0. The molecular weight excluding hydrogens is 396 g/mol. The lowest BCUT2D eigenvalue weighted by Crippen LogP contribution is -2.41. The van der Waals surface area contributed by atoms with E-state index in [1.165, 1.54) is 0 Å². The van der Waals surface area contributed by atoms with Gasteiger partial charge in [-0.1, -0.05) is 49.2 Å². The molecule has 2 aromatic rings. The van der Waals surface area contributed by atoms with Gasteiger partial charge in [0.1, 0.15) is 17.4 Å². The van der Waals surface area contributed by atoms with Crippen molar-refractivity contribution in [1.29, 1.82) is 0 Å². The highest BCUT2D eigenvalue weighted by molar-refractivity contribution is 7.85. The van der Waals surface area contributed by atoms with Crippen molar-refractivity contribution in [2.75, 3.05) is 5.75 Å². The van der Waals surface area contributed by atoms with E-state index in [9.17, 15) is 14.1 Å². The van der Waals surface area contributed by atoms with E-state index in [4.69, 9.17) is 4.74 Å². The quantitative estimate of drug-likeness (QED) is 0.656. The van der Waals surface area contributed by atoms with Gasteiger partial charge in [-0.15, -0.1) is 0 Å². The third-order valence-corrected chi connectivity index (χ3v) is 7.51. The largest absolute Gasteiger partial charge is 0.511 e. The number of rotatable bonds is 5. The summed E-state index contributed by atoms with van der Waals surface area (Å²) in [6.45, 7) is 11.7. The number of hydrogen-bond donors (Lipinski definition) is 1. The van der Waals surface area contributed by atoms with Crippen LogP contribution in [0.4, 0.5) is 0 Å². The molecule has 1 N–H and O–H groups in total. The molecule has 2 atom stereocenters. The van der Waals surface area contributed by atoms with Crippen LogP contribution < -0.4 is 0 Å². The van der Waals surface area contributed by atoms with Gasteiger partial charge in [-0.2, -0.15) is 0 Å². The van der Waals surface area contributed by atoms with Crippen LogP contribution in [0.25, 0.3) is 5.57 Å². The van der Waals surface area contributed by atoms with Gasteiger partial charge in [0.15, 0.2) is 0 Å². The minimum Gasteiger partial charge on any atom is -0.511 e.